The number of piperazine rings is 1. The van der Waals surface area contributed by atoms with E-state index in [9.17, 15) is 0 Å². The number of rotatable bonds is 7. The first-order valence-corrected chi connectivity index (χ1v) is 11.1. The summed E-state index contributed by atoms with van der Waals surface area (Å²) in [6, 6.07) is 5.04. The molecule has 0 radical (unpaired) electrons. The minimum Gasteiger partial charge on any atom is -0.380 e. The van der Waals surface area contributed by atoms with Crippen LogP contribution in [-0.4, -0.2) is 63.1 Å². The zero-order valence-electron chi connectivity index (χ0n) is 18.4. The van der Waals surface area contributed by atoms with Gasteiger partial charge in [-0.25, -0.2) is 9.97 Å². The van der Waals surface area contributed by atoms with Crippen molar-refractivity contribution >= 4 is 28.6 Å². The van der Waals surface area contributed by atoms with Gasteiger partial charge in [0.15, 0.2) is 5.82 Å². The maximum Gasteiger partial charge on any atom is 0.228 e. The molecule has 0 aliphatic carbocycles. The molecule has 9 nitrogen and oxygen atoms in total. The average Bonchev–Trinajstić information content (AvgIpc) is 3.26. The molecule has 3 aromatic heterocycles. The Kier molecular flexibility index (Phi) is 5.45. The average molecular weight is 423 g/mol. The lowest BCUT2D eigenvalue weighted by molar-refractivity contribution is 0.137. The van der Waals surface area contributed by atoms with E-state index in [0.29, 0.717) is 31.8 Å². The number of hydrogen-bond acceptors (Lipinski definition) is 8. The molecule has 0 saturated carbocycles. The molecule has 2 saturated heterocycles. The Labute approximate surface area is 182 Å². The molecule has 0 spiro atoms. The van der Waals surface area contributed by atoms with Crippen LogP contribution in [-0.2, 0) is 11.3 Å². The summed E-state index contributed by atoms with van der Waals surface area (Å²) in [5.41, 5.74) is 3.81. The van der Waals surface area contributed by atoms with Crippen LogP contribution in [0, 0.1) is 13.8 Å². The minimum atomic E-state index is 0.517. The third-order valence-electron chi connectivity index (χ3n) is 6.06. The number of anilines is 3. The quantitative estimate of drug-likeness (QED) is 0.561. The molecule has 2 fully saturated rings. The van der Waals surface area contributed by atoms with Crippen molar-refractivity contribution in [3.05, 3.63) is 29.6 Å². The molecule has 164 valence electrons. The molecule has 31 heavy (non-hydrogen) atoms. The van der Waals surface area contributed by atoms with Gasteiger partial charge in [0.2, 0.25) is 5.95 Å². The van der Waals surface area contributed by atoms with Gasteiger partial charge in [-0.2, -0.15) is 10.1 Å². The molecule has 0 amide bonds. The second-order valence-electron chi connectivity index (χ2n) is 8.46. The van der Waals surface area contributed by atoms with Crippen molar-refractivity contribution in [1.82, 2.24) is 30.0 Å². The summed E-state index contributed by atoms with van der Waals surface area (Å²) in [7, 11) is 0. The van der Waals surface area contributed by atoms with Crippen molar-refractivity contribution in [2.75, 3.05) is 36.5 Å². The predicted molar refractivity (Wildman–Crippen MR) is 121 cm³/mol. The first kappa shape index (κ1) is 20.1. The maximum atomic E-state index is 5.57. The van der Waals surface area contributed by atoms with E-state index in [4.69, 9.17) is 19.8 Å². The summed E-state index contributed by atoms with van der Waals surface area (Å²) in [4.78, 5) is 16.7. The molecule has 3 aromatic rings. The lowest BCUT2D eigenvalue weighted by Gasteiger charge is -2.33. The highest BCUT2D eigenvalue weighted by atomic mass is 16.5. The molecule has 2 N–H and O–H groups in total. The first-order chi connectivity index (χ1) is 15.1. The molecule has 0 aromatic carbocycles. The number of ether oxygens (including phenoxy) is 1. The zero-order valence-corrected chi connectivity index (χ0v) is 18.4. The van der Waals surface area contributed by atoms with E-state index in [-0.39, 0.29) is 0 Å². The van der Waals surface area contributed by atoms with Crippen LogP contribution < -0.4 is 15.5 Å². The highest BCUT2D eigenvalue weighted by Gasteiger charge is 2.34. The molecule has 2 atom stereocenters. The van der Waals surface area contributed by atoms with E-state index >= 15 is 0 Å². The second-order valence-corrected chi connectivity index (χ2v) is 8.46. The summed E-state index contributed by atoms with van der Waals surface area (Å²) in [5, 5.41) is 11.9. The van der Waals surface area contributed by atoms with E-state index in [2.05, 4.69) is 27.4 Å². The van der Waals surface area contributed by atoms with E-state index in [0.717, 1.165) is 53.0 Å². The Morgan fingerprint density at radius 1 is 1.19 bits per heavy atom. The van der Waals surface area contributed by atoms with Gasteiger partial charge in [-0.15, -0.1) is 0 Å². The van der Waals surface area contributed by atoms with Crippen LogP contribution in [0.4, 0.5) is 17.6 Å². The second kappa shape index (κ2) is 8.39. The predicted octanol–water partition coefficient (Wildman–Crippen LogP) is 2.56. The van der Waals surface area contributed by atoms with E-state index in [1.54, 1.807) is 0 Å². The third-order valence-corrected chi connectivity index (χ3v) is 6.06. The van der Waals surface area contributed by atoms with Crippen molar-refractivity contribution in [2.24, 2.45) is 0 Å². The molecule has 2 aliphatic heterocycles. The Balaban J connectivity index is 1.57. The van der Waals surface area contributed by atoms with Gasteiger partial charge >= 0.3 is 0 Å². The fraction of sp³-hybridized carbons (Fsp3) is 0.545. The van der Waals surface area contributed by atoms with Crippen LogP contribution in [0.15, 0.2) is 18.3 Å². The number of aryl methyl sites for hydroxylation is 2. The van der Waals surface area contributed by atoms with Crippen molar-refractivity contribution < 1.29 is 4.74 Å². The van der Waals surface area contributed by atoms with Crippen molar-refractivity contribution in [2.45, 2.75) is 52.2 Å². The number of nitrogens with zero attached hydrogens (tertiary/aromatic N) is 6. The van der Waals surface area contributed by atoms with Gasteiger partial charge in [-0.1, -0.05) is 0 Å². The number of aromatic nitrogens is 5. The molecule has 2 bridgehead atoms. The number of fused-ring (bicyclic) bond motifs is 3. The standard InChI is InChI=1S/C22H30N8O/c1-4-31-10-9-30-20-19(15(3)28-30)26-22(29-12-16-5-6-17(13-29)24-16)27-21(20)25-18-11-14(2)7-8-23-18/h7-8,11,16-17,24H,4-6,9-10,12-13H2,1-3H3,(H,23,25,26,27). The summed E-state index contributed by atoms with van der Waals surface area (Å²) in [6.45, 7) is 9.85. The third kappa shape index (κ3) is 4.07. The number of pyridine rings is 1. The molecule has 2 unspecified atom stereocenters. The largest absolute Gasteiger partial charge is 0.380 e. The van der Waals surface area contributed by atoms with Crippen molar-refractivity contribution in [3.63, 3.8) is 0 Å². The zero-order chi connectivity index (χ0) is 21.4. The highest BCUT2D eigenvalue weighted by molar-refractivity contribution is 5.90. The van der Waals surface area contributed by atoms with Gasteiger partial charge in [-0.05, 0) is 51.3 Å². The Morgan fingerprint density at radius 2 is 2.00 bits per heavy atom. The molecule has 5 rings (SSSR count). The van der Waals surface area contributed by atoms with Gasteiger partial charge in [0, 0.05) is 38.0 Å². The van der Waals surface area contributed by atoms with Gasteiger partial charge in [0.05, 0.1) is 18.8 Å². The summed E-state index contributed by atoms with van der Waals surface area (Å²) in [5.74, 6) is 2.26. The Hall–Kier alpha value is -2.78. The van der Waals surface area contributed by atoms with Gasteiger partial charge < -0.3 is 20.3 Å². The SMILES string of the molecule is CCOCCn1nc(C)c2nc(N3CC4CCC(C3)N4)nc(Nc3cc(C)ccn3)c21. The van der Waals surface area contributed by atoms with Crippen LogP contribution in [0.25, 0.3) is 11.0 Å². The minimum absolute atomic E-state index is 0.517. The molecular formula is C22H30N8O. The Bertz CT molecular complexity index is 1070. The lowest BCUT2D eigenvalue weighted by atomic mass is 10.2. The fourth-order valence-corrected chi connectivity index (χ4v) is 4.59. The number of hydrogen-bond donors (Lipinski definition) is 2. The lowest BCUT2D eigenvalue weighted by Crippen LogP contribution is -2.51. The van der Waals surface area contributed by atoms with Gasteiger partial charge in [0.1, 0.15) is 16.9 Å². The summed E-state index contributed by atoms with van der Waals surface area (Å²) >= 11 is 0. The molecule has 5 heterocycles. The number of nitrogens with one attached hydrogen (secondary N) is 2. The summed E-state index contributed by atoms with van der Waals surface area (Å²) < 4.78 is 7.52. The van der Waals surface area contributed by atoms with E-state index in [1.165, 1.54) is 12.8 Å². The smallest absolute Gasteiger partial charge is 0.228 e. The fourth-order valence-electron chi connectivity index (χ4n) is 4.59. The van der Waals surface area contributed by atoms with Crippen LogP contribution >= 0.6 is 0 Å². The van der Waals surface area contributed by atoms with Crippen molar-refractivity contribution in [3.8, 4) is 0 Å². The van der Waals surface area contributed by atoms with Crippen LogP contribution in [0.1, 0.15) is 31.0 Å². The van der Waals surface area contributed by atoms with E-state index in [1.807, 2.05) is 36.9 Å². The monoisotopic (exact) mass is 422 g/mol. The van der Waals surface area contributed by atoms with E-state index < -0.39 is 0 Å². The van der Waals surface area contributed by atoms with Gasteiger partial charge in [-0.3, -0.25) is 4.68 Å². The van der Waals surface area contributed by atoms with Crippen molar-refractivity contribution in [1.29, 1.82) is 0 Å². The van der Waals surface area contributed by atoms with Gasteiger partial charge in [0.25, 0.3) is 0 Å². The van der Waals surface area contributed by atoms with Crippen LogP contribution in [0.5, 0.6) is 0 Å². The topological polar surface area (TPSA) is 93.0 Å². The molecule has 9 heteroatoms. The Morgan fingerprint density at radius 3 is 2.74 bits per heavy atom. The van der Waals surface area contributed by atoms with Crippen LogP contribution in [0.3, 0.4) is 0 Å². The normalized spacial score (nSPS) is 20.5. The molecule has 2 aliphatic rings. The summed E-state index contributed by atoms with van der Waals surface area (Å²) in [6.07, 6.45) is 4.24. The molecular weight excluding hydrogens is 392 g/mol. The maximum absolute atomic E-state index is 5.57. The van der Waals surface area contributed by atoms with Crippen LogP contribution in [0.2, 0.25) is 0 Å². The highest BCUT2D eigenvalue weighted by Crippen LogP contribution is 2.30. The first-order valence-electron chi connectivity index (χ1n) is 11.1.